The maximum absolute atomic E-state index is 12.4. The molecule has 0 aliphatic heterocycles. The highest BCUT2D eigenvalue weighted by Crippen LogP contribution is 2.48. The van der Waals surface area contributed by atoms with Gasteiger partial charge in [0.25, 0.3) is 0 Å². The van der Waals surface area contributed by atoms with Gasteiger partial charge in [0.05, 0.1) is 5.69 Å². The molecule has 1 aliphatic rings. The molecule has 2 rings (SSSR count). The monoisotopic (exact) mass is 297 g/mol. The molecule has 0 bridgehead atoms. The summed E-state index contributed by atoms with van der Waals surface area (Å²) in [6, 6.07) is 1.71. The number of hydrogen-bond acceptors (Lipinski definition) is 4. The molecule has 5 nitrogen and oxygen atoms in total. The van der Waals surface area contributed by atoms with Crippen molar-refractivity contribution < 1.29 is 8.42 Å². The summed E-state index contributed by atoms with van der Waals surface area (Å²) in [5.74, 6) is 0. The molecular formula is C14H23N3O2S. The van der Waals surface area contributed by atoms with Crippen molar-refractivity contribution in [3.63, 3.8) is 0 Å². The molecular weight excluding hydrogens is 274 g/mol. The first-order chi connectivity index (χ1) is 9.53. The van der Waals surface area contributed by atoms with Gasteiger partial charge in [-0.2, -0.15) is 0 Å². The van der Waals surface area contributed by atoms with Gasteiger partial charge >= 0.3 is 0 Å². The van der Waals surface area contributed by atoms with Crippen LogP contribution >= 0.6 is 0 Å². The van der Waals surface area contributed by atoms with Crippen molar-refractivity contribution in [3.8, 4) is 0 Å². The minimum absolute atomic E-state index is 0.187. The molecule has 0 unspecified atom stereocenters. The normalized spacial score (nSPS) is 16.9. The van der Waals surface area contributed by atoms with Crippen molar-refractivity contribution in [1.82, 2.24) is 9.71 Å². The number of nitrogens with one attached hydrogen (secondary N) is 2. The predicted octanol–water partition coefficient (Wildman–Crippen LogP) is 2.37. The van der Waals surface area contributed by atoms with Gasteiger partial charge in [0.15, 0.2) is 0 Å². The van der Waals surface area contributed by atoms with Crippen molar-refractivity contribution in [2.45, 2.75) is 44.4 Å². The third kappa shape index (κ3) is 3.49. The SMILES string of the molecule is CCCNc1ccncc1S(=O)(=O)NCC1(CC)CC1. The van der Waals surface area contributed by atoms with E-state index in [9.17, 15) is 8.42 Å². The van der Waals surface area contributed by atoms with Crippen LogP contribution in [0.1, 0.15) is 39.5 Å². The molecule has 112 valence electrons. The van der Waals surface area contributed by atoms with Gasteiger partial charge in [0, 0.05) is 25.5 Å². The van der Waals surface area contributed by atoms with Crippen molar-refractivity contribution in [2.24, 2.45) is 5.41 Å². The Morgan fingerprint density at radius 3 is 2.70 bits per heavy atom. The fourth-order valence-electron chi connectivity index (χ4n) is 2.16. The van der Waals surface area contributed by atoms with Crippen LogP contribution in [0.4, 0.5) is 5.69 Å². The standard InChI is InChI=1S/C14H23N3O2S/c1-3-8-16-12-5-9-15-10-13(12)20(18,19)17-11-14(4-2)6-7-14/h5,9-10,17H,3-4,6-8,11H2,1-2H3,(H,15,16). The van der Waals surface area contributed by atoms with Gasteiger partial charge in [0.1, 0.15) is 4.90 Å². The van der Waals surface area contributed by atoms with E-state index in [2.05, 4.69) is 21.9 Å². The second kappa shape index (κ2) is 6.10. The summed E-state index contributed by atoms with van der Waals surface area (Å²) < 4.78 is 27.6. The highest BCUT2D eigenvalue weighted by Gasteiger charge is 2.41. The second-order valence-corrected chi connectivity index (χ2v) is 7.21. The average molecular weight is 297 g/mol. The van der Waals surface area contributed by atoms with Crippen molar-refractivity contribution in [2.75, 3.05) is 18.4 Å². The van der Waals surface area contributed by atoms with E-state index in [0.29, 0.717) is 12.2 Å². The van der Waals surface area contributed by atoms with Crippen molar-refractivity contribution in [1.29, 1.82) is 0 Å². The summed E-state index contributed by atoms with van der Waals surface area (Å²) in [4.78, 5) is 4.18. The van der Waals surface area contributed by atoms with E-state index in [1.165, 1.54) is 6.20 Å². The Bertz CT molecular complexity index is 553. The maximum atomic E-state index is 12.4. The van der Waals surface area contributed by atoms with E-state index in [4.69, 9.17) is 0 Å². The molecule has 0 spiro atoms. The molecule has 1 aromatic rings. The van der Waals surface area contributed by atoms with E-state index in [-0.39, 0.29) is 10.3 Å². The molecule has 2 N–H and O–H groups in total. The van der Waals surface area contributed by atoms with E-state index >= 15 is 0 Å². The van der Waals surface area contributed by atoms with Gasteiger partial charge in [-0.3, -0.25) is 4.98 Å². The molecule has 1 aliphatic carbocycles. The zero-order valence-corrected chi connectivity index (χ0v) is 13.0. The molecule has 1 aromatic heterocycles. The van der Waals surface area contributed by atoms with Crippen LogP contribution in [-0.4, -0.2) is 26.5 Å². The number of nitrogens with zero attached hydrogens (tertiary/aromatic N) is 1. The van der Waals surface area contributed by atoms with Crippen molar-refractivity contribution >= 4 is 15.7 Å². The molecule has 0 amide bonds. The van der Waals surface area contributed by atoms with E-state index in [1.54, 1.807) is 12.3 Å². The zero-order valence-electron chi connectivity index (χ0n) is 12.1. The summed E-state index contributed by atoms with van der Waals surface area (Å²) in [7, 11) is -3.50. The Hall–Kier alpha value is -1.14. The highest BCUT2D eigenvalue weighted by atomic mass is 32.2. The predicted molar refractivity (Wildman–Crippen MR) is 80.2 cm³/mol. The summed E-state index contributed by atoms with van der Waals surface area (Å²) in [5, 5.41) is 3.14. The molecule has 0 aromatic carbocycles. The first-order valence-electron chi connectivity index (χ1n) is 7.20. The number of sulfonamides is 1. The fraction of sp³-hybridized carbons (Fsp3) is 0.643. The van der Waals surface area contributed by atoms with Gasteiger partial charge in [-0.1, -0.05) is 13.8 Å². The van der Waals surface area contributed by atoms with Crippen LogP contribution in [0.2, 0.25) is 0 Å². The zero-order chi connectivity index (χ0) is 14.6. The third-order valence-corrected chi connectivity index (χ3v) is 5.41. The Morgan fingerprint density at radius 2 is 2.10 bits per heavy atom. The Balaban J connectivity index is 2.12. The van der Waals surface area contributed by atoms with Crippen LogP contribution in [0.3, 0.4) is 0 Å². The van der Waals surface area contributed by atoms with Crippen molar-refractivity contribution in [3.05, 3.63) is 18.5 Å². The van der Waals surface area contributed by atoms with Crippen LogP contribution in [-0.2, 0) is 10.0 Å². The second-order valence-electron chi connectivity index (χ2n) is 5.48. The lowest BCUT2D eigenvalue weighted by Crippen LogP contribution is -2.30. The summed E-state index contributed by atoms with van der Waals surface area (Å²) >= 11 is 0. The van der Waals surface area contributed by atoms with Crippen LogP contribution in [0.5, 0.6) is 0 Å². The maximum Gasteiger partial charge on any atom is 0.244 e. The summed E-state index contributed by atoms with van der Waals surface area (Å²) in [6.45, 7) is 5.41. The van der Waals surface area contributed by atoms with Gasteiger partial charge in [-0.05, 0) is 37.2 Å². The summed E-state index contributed by atoms with van der Waals surface area (Å²) in [6.07, 6.45) is 7.19. The quantitative estimate of drug-likeness (QED) is 0.773. The van der Waals surface area contributed by atoms with E-state index < -0.39 is 10.0 Å². The topological polar surface area (TPSA) is 71.1 Å². The molecule has 0 saturated heterocycles. The molecule has 6 heteroatoms. The van der Waals surface area contributed by atoms with Crippen LogP contribution in [0.25, 0.3) is 0 Å². The number of aromatic nitrogens is 1. The lowest BCUT2D eigenvalue weighted by molar-refractivity contribution is 0.475. The first kappa shape index (κ1) is 15.3. The lowest BCUT2D eigenvalue weighted by atomic mass is 10.1. The van der Waals surface area contributed by atoms with Crippen LogP contribution < -0.4 is 10.0 Å². The number of rotatable bonds is 8. The molecule has 1 fully saturated rings. The highest BCUT2D eigenvalue weighted by molar-refractivity contribution is 7.89. The lowest BCUT2D eigenvalue weighted by Gasteiger charge is -2.16. The van der Waals surface area contributed by atoms with Gasteiger partial charge in [-0.25, -0.2) is 13.1 Å². The van der Waals surface area contributed by atoms with Gasteiger partial charge < -0.3 is 5.32 Å². The van der Waals surface area contributed by atoms with Crippen LogP contribution in [0, 0.1) is 5.41 Å². The summed E-state index contributed by atoms with van der Waals surface area (Å²) in [5.41, 5.74) is 0.808. The molecule has 20 heavy (non-hydrogen) atoms. The minimum Gasteiger partial charge on any atom is -0.384 e. The molecule has 1 heterocycles. The minimum atomic E-state index is -3.50. The molecule has 0 radical (unpaired) electrons. The van der Waals surface area contributed by atoms with Gasteiger partial charge in [-0.15, -0.1) is 0 Å². The average Bonchev–Trinajstić information content (AvgIpc) is 3.24. The Kier molecular flexibility index (Phi) is 4.65. The largest absolute Gasteiger partial charge is 0.384 e. The molecule has 1 saturated carbocycles. The molecule has 0 atom stereocenters. The number of pyridine rings is 1. The van der Waals surface area contributed by atoms with Crippen LogP contribution in [0.15, 0.2) is 23.4 Å². The fourth-order valence-corrected chi connectivity index (χ4v) is 3.44. The number of hydrogen-bond donors (Lipinski definition) is 2. The smallest absolute Gasteiger partial charge is 0.244 e. The Morgan fingerprint density at radius 1 is 1.35 bits per heavy atom. The third-order valence-electron chi connectivity index (χ3n) is 3.98. The first-order valence-corrected chi connectivity index (χ1v) is 8.69. The van der Waals surface area contributed by atoms with Gasteiger partial charge in [0.2, 0.25) is 10.0 Å². The van der Waals surface area contributed by atoms with E-state index in [0.717, 1.165) is 32.2 Å². The van der Waals surface area contributed by atoms with E-state index in [1.807, 2.05) is 6.92 Å². The number of anilines is 1. The Labute approximate surface area is 121 Å².